The van der Waals surface area contributed by atoms with E-state index in [4.69, 9.17) is 4.74 Å². The molecule has 7 nitrogen and oxygen atoms in total. The zero-order valence-corrected chi connectivity index (χ0v) is 16.7. The maximum absolute atomic E-state index is 11.9. The standard InChI is InChI=1S/C21H29N5O2/c1-3-28-20(27)18-10-13-25(14-11-18)21(22-2)23-12-9-17-15-24-26(16-17)19-7-5-4-6-8-19/h4-8,15-16,18H,3,9-14H2,1-2H3,(H,22,23). The van der Waals surface area contributed by atoms with E-state index in [1.807, 2.05) is 48.1 Å². The second-order valence-electron chi connectivity index (χ2n) is 6.87. The molecule has 0 unspecified atom stereocenters. The molecule has 0 bridgehead atoms. The monoisotopic (exact) mass is 383 g/mol. The Morgan fingerprint density at radius 1 is 1.29 bits per heavy atom. The molecule has 1 aliphatic rings. The number of aliphatic imine (C=N–C) groups is 1. The summed E-state index contributed by atoms with van der Waals surface area (Å²) in [5.74, 6) is 0.830. The summed E-state index contributed by atoms with van der Waals surface area (Å²) >= 11 is 0. The molecule has 1 aliphatic heterocycles. The fourth-order valence-electron chi connectivity index (χ4n) is 3.45. The molecule has 28 heavy (non-hydrogen) atoms. The van der Waals surface area contributed by atoms with E-state index in [1.165, 1.54) is 5.56 Å². The Balaban J connectivity index is 1.45. The topological polar surface area (TPSA) is 71.8 Å². The Morgan fingerprint density at radius 2 is 2.04 bits per heavy atom. The molecule has 7 heteroatoms. The lowest BCUT2D eigenvalue weighted by atomic mass is 9.97. The van der Waals surface area contributed by atoms with Crippen molar-refractivity contribution < 1.29 is 9.53 Å². The molecule has 2 aromatic rings. The largest absolute Gasteiger partial charge is 0.466 e. The average Bonchev–Trinajstić information content (AvgIpc) is 3.21. The van der Waals surface area contributed by atoms with Crippen LogP contribution in [-0.2, 0) is 16.0 Å². The first-order valence-electron chi connectivity index (χ1n) is 9.92. The Kier molecular flexibility index (Phi) is 7.06. The fraction of sp³-hybridized carbons (Fsp3) is 0.476. The van der Waals surface area contributed by atoms with Gasteiger partial charge in [0.15, 0.2) is 5.96 Å². The predicted molar refractivity (Wildman–Crippen MR) is 110 cm³/mol. The number of ether oxygens (including phenoxy) is 1. The summed E-state index contributed by atoms with van der Waals surface area (Å²) in [5.41, 5.74) is 2.23. The number of carbonyl (C=O) groups is 1. The predicted octanol–water partition coefficient (Wildman–Crippen LogP) is 2.27. The Morgan fingerprint density at radius 3 is 2.71 bits per heavy atom. The highest BCUT2D eigenvalue weighted by Gasteiger charge is 2.27. The lowest BCUT2D eigenvalue weighted by Crippen LogP contribution is -2.47. The minimum Gasteiger partial charge on any atom is -0.466 e. The molecule has 0 aliphatic carbocycles. The van der Waals surface area contributed by atoms with Crippen LogP contribution in [0.25, 0.3) is 5.69 Å². The van der Waals surface area contributed by atoms with E-state index in [2.05, 4.69) is 26.5 Å². The zero-order valence-electron chi connectivity index (χ0n) is 16.7. The zero-order chi connectivity index (χ0) is 19.8. The summed E-state index contributed by atoms with van der Waals surface area (Å²) in [7, 11) is 1.80. The summed E-state index contributed by atoms with van der Waals surface area (Å²) in [6.45, 7) is 4.71. The molecule has 0 atom stereocenters. The van der Waals surface area contributed by atoms with Gasteiger partial charge in [-0.25, -0.2) is 4.68 Å². The van der Waals surface area contributed by atoms with Gasteiger partial charge in [0.25, 0.3) is 0 Å². The Hall–Kier alpha value is -2.83. The smallest absolute Gasteiger partial charge is 0.309 e. The normalized spacial score (nSPS) is 15.5. The van der Waals surface area contributed by atoms with Crippen LogP contribution < -0.4 is 5.32 Å². The third kappa shape index (κ3) is 5.12. The maximum atomic E-state index is 11.9. The maximum Gasteiger partial charge on any atom is 0.309 e. The molecule has 150 valence electrons. The molecule has 1 aromatic carbocycles. The molecule has 0 radical (unpaired) electrons. The number of nitrogens with one attached hydrogen (secondary N) is 1. The molecule has 1 aromatic heterocycles. The van der Waals surface area contributed by atoms with E-state index in [-0.39, 0.29) is 11.9 Å². The van der Waals surface area contributed by atoms with Crippen molar-refractivity contribution in [2.24, 2.45) is 10.9 Å². The van der Waals surface area contributed by atoms with E-state index in [0.717, 1.165) is 50.5 Å². The van der Waals surface area contributed by atoms with E-state index < -0.39 is 0 Å². The highest BCUT2D eigenvalue weighted by atomic mass is 16.5. The number of carbonyl (C=O) groups excluding carboxylic acids is 1. The van der Waals surface area contributed by atoms with Crippen LogP contribution in [0.5, 0.6) is 0 Å². The van der Waals surface area contributed by atoms with Crippen molar-refractivity contribution in [2.45, 2.75) is 26.2 Å². The van der Waals surface area contributed by atoms with E-state index >= 15 is 0 Å². The molecule has 1 N–H and O–H groups in total. The first-order chi connectivity index (χ1) is 13.7. The minimum absolute atomic E-state index is 0.0122. The molecular formula is C21H29N5O2. The second kappa shape index (κ2) is 9.92. The molecular weight excluding hydrogens is 354 g/mol. The number of esters is 1. The van der Waals surface area contributed by atoms with Crippen molar-refractivity contribution in [3.05, 3.63) is 48.3 Å². The van der Waals surface area contributed by atoms with E-state index in [0.29, 0.717) is 6.61 Å². The van der Waals surface area contributed by atoms with Gasteiger partial charge in [-0.3, -0.25) is 9.79 Å². The van der Waals surface area contributed by atoms with Gasteiger partial charge in [-0.15, -0.1) is 0 Å². The van der Waals surface area contributed by atoms with Crippen LogP contribution in [0.2, 0.25) is 0 Å². The molecule has 0 spiro atoms. The SMILES string of the molecule is CCOC(=O)C1CCN(C(=NC)NCCc2cnn(-c3ccccc3)c2)CC1. The van der Waals surface area contributed by atoms with Crippen LogP contribution in [0, 0.1) is 5.92 Å². The summed E-state index contributed by atoms with van der Waals surface area (Å²) < 4.78 is 7.03. The summed E-state index contributed by atoms with van der Waals surface area (Å²) in [6.07, 6.45) is 6.45. The molecule has 1 saturated heterocycles. The van der Waals surface area contributed by atoms with Gasteiger partial charge in [0.1, 0.15) is 0 Å². The van der Waals surface area contributed by atoms with E-state index in [1.54, 1.807) is 7.05 Å². The molecule has 2 heterocycles. The number of likely N-dealkylation sites (tertiary alicyclic amines) is 1. The van der Waals surface area contributed by atoms with Gasteiger partial charge in [0, 0.05) is 32.9 Å². The van der Waals surface area contributed by atoms with Crippen LogP contribution in [-0.4, -0.2) is 59.9 Å². The van der Waals surface area contributed by atoms with E-state index in [9.17, 15) is 4.79 Å². The number of aromatic nitrogens is 2. The lowest BCUT2D eigenvalue weighted by Gasteiger charge is -2.33. The first-order valence-corrected chi connectivity index (χ1v) is 9.92. The number of benzene rings is 1. The van der Waals surface area contributed by atoms with Gasteiger partial charge < -0.3 is 15.0 Å². The fourth-order valence-corrected chi connectivity index (χ4v) is 3.45. The molecule has 3 rings (SSSR count). The van der Waals surface area contributed by atoms with Crippen LogP contribution in [0.3, 0.4) is 0 Å². The van der Waals surface area contributed by atoms with Crippen LogP contribution in [0.1, 0.15) is 25.3 Å². The van der Waals surface area contributed by atoms with Crippen molar-refractivity contribution in [1.29, 1.82) is 0 Å². The van der Waals surface area contributed by atoms with Gasteiger partial charge in [0.2, 0.25) is 0 Å². The average molecular weight is 383 g/mol. The van der Waals surface area contributed by atoms with Crippen molar-refractivity contribution in [3.8, 4) is 5.69 Å². The minimum atomic E-state index is -0.0690. The number of guanidine groups is 1. The van der Waals surface area contributed by atoms with Gasteiger partial charge in [0.05, 0.1) is 24.4 Å². The van der Waals surface area contributed by atoms with Crippen LogP contribution >= 0.6 is 0 Å². The third-order valence-corrected chi connectivity index (χ3v) is 4.98. The van der Waals surface area contributed by atoms with Crippen molar-refractivity contribution >= 4 is 11.9 Å². The summed E-state index contributed by atoms with van der Waals surface area (Å²) in [6, 6.07) is 10.1. The van der Waals surface area contributed by atoms with Gasteiger partial charge in [-0.1, -0.05) is 18.2 Å². The highest BCUT2D eigenvalue weighted by Crippen LogP contribution is 2.18. The number of hydrogen-bond donors (Lipinski definition) is 1. The summed E-state index contributed by atoms with van der Waals surface area (Å²) in [5, 5.41) is 7.87. The molecule has 0 amide bonds. The van der Waals surface area contributed by atoms with Crippen molar-refractivity contribution in [3.63, 3.8) is 0 Å². The van der Waals surface area contributed by atoms with Gasteiger partial charge >= 0.3 is 5.97 Å². The van der Waals surface area contributed by atoms with Gasteiger partial charge in [-0.2, -0.15) is 5.10 Å². The van der Waals surface area contributed by atoms with Crippen molar-refractivity contribution in [2.75, 3.05) is 33.3 Å². The number of rotatable bonds is 6. The Labute approximate surface area is 166 Å². The van der Waals surface area contributed by atoms with Crippen molar-refractivity contribution in [1.82, 2.24) is 20.0 Å². The highest BCUT2D eigenvalue weighted by molar-refractivity contribution is 5.80. The quantitative estimate of drug-likeness (QED) is 0.471. The van der Waals surface area contributed by atoms with Crippen LogP contribution in [0.15, 0.2) is 47.7 Å². The Bertz CT molecular complexity index is 779. The van der Waals surface area contributed by atoms with Gasteiger partial charge in [-0.05, 0) is 43.9 Å². The first kappa shape index (κ1) is 19.9. The molecule has 1 fully saturated rings. The summed E-state index contributed by atoms with van der Waals surface area (Å²) in [4.78, 5) is 18.5. The number of para-hydroxylation sites is 1. The number of nitrogens with zero attached hydrogens (tertiary/aromatic N) is 4. The number of hydrogen-bond acceptors (Lipinski definition) is 4. The molecule has 0 saturated carbocycles. The second-order valence-corrected chi connectivity index (χ2v) is 6.87. The third-order valence-electron chi connectivity index (χ3n) is 4.98. The number of piperidine rings is 1. The lowest BCUT2D eigenvalue weighted by molar-refractivity contribution is -0.149. The van der Waals surface area contributed by atoms with Crippen LogP contribution in [0.4, 0.5) is 0 Å².